The van der Waals surface area contributed by atoms with E-state index in [2.05, 4.69) is 0 Å². The average Bonchev–Trinajstić information content (AvgIpc) is 0.694. The number of phenols is 4. The molecule has 19 N–H and O–H groups in total. The normalized spacial score (nSPS) is 37.3. The van der Waals surface area contributed by atoms with E-state index in [1.54, 1.807) is 0 Å². The number of aromatic hydroxyl groups is 4. The minimum atomic E-state index is -3.31. The Balaban J connectivity index is 1.21. The lowest BCUT2D eigenvalue weighted by molar-refractivity contribution is -0.348. The van der Waals surface area contributed by atoms with Crippen molar-refractivity contribution in [2.75, 3.05) is 40.6 Å². The van der Waals surface area contributed by atoms with Crippen LogP contribution in [0.15, 0.2) is 54.6 Å². The largest absolute Gasteiger partial charge is 0.507 e. The van der Waals surface area contributed by atoms with Crippen LogP contribution >= 0.6 is 0 Å². The minimum Gasteiger partial charge on any atom is -0.507 e. The molecule has 4 saturated heterocycles. The zero-order valence-corrected chi connectivity index (χ0v) is 45.5. The highest BCUT2D eigenvalue weighted by Crippen LogP contribution is 2.60. The highest BCUT2D eigenvalue weighted by Gasteiger charge is 2.64. The van der Waals surface area contributed by atoms with Crippen LogP contribution in [0.5, 0.6) is 23.0 Å². The van der Waals surface area contributed by atoms with Gasteiger partial charge in [0.05, 0.1) is 79.4 Å². The van der Waals surface area contributed by atoms with Gasteiger partial charge >= 0.3 is 11.9 Å². The number of methoxy groups -OCH3 is 2. The van der Waals surface area contributed by atoms with E-state index in [4.69, 9.17) is 37.9 Å². The van der Waals surface area contributed by atoms with Crippen molar-refractivity contribution < 1.29 is 154 Å². The summed E-state index contributed by atoms with van der Waals surface area (Å²) >= 11 is 0. The molecule has 31 heteroatoms. The van der Waals surface area contributed by atoms with Crippen LogP contribution in [0.4, 0.5) is 0 Å². The van der Waals surface area contributed by atoms with Gasteiger partial charge in [0.1, 0.15) is 138 Å². The van der Waals surface area contributed by atoms with E-state index in [9.17, 15) is 111 Å². The summed E-state index contributed by atoms with van der Waals surface area (Å²) in [5.41, 5.74) is -14.7. The van der Waals surface area contributed by atoms with Gasteiger partial charge in [-0.25, -0.2) is 9.59 Å². The lowest BCUT2D eigenvalue weighted by Gasteiger charge is -2.54. The zero-order valence-electron chi connectivity index (χ0n) is 45.5. The lowest BCUT2D eigenvalue weighted by atomic mass is 9.56. The van der Waals surface area contributed by atoms with Gasteiger partial charge in [-0.05, 0) is 41.5 Å². The molecule has 4 aromatic carbocycles. The molecule has 4 aliphatic heterocycles. The van der Waals surface area contributed by atoms with Crippen LogP contribution in [-0.4, -0.2) is 284 Å². The van der Waals surface area contributed by atoms with E-state index < -0.39 is 268 Å². The number of ether oxygens (including phenoxy) is 8. The molecule has 0 saturated carbocycles. The monoisotopic (exact) mass is 1230 g/mol. The van der Waals surface area contributed by atoms with Gasteiger partial charge in [-0.3, -0.25) is 9.59 Å². The summed E-state index contributed by atoms with van der Waals surface area (Å²) in [6, 6.07) is 8.18. The van der Waals surface area contributed by atoms with Gasteiger partial charge in [0.2, 0.25) is 11.6 Å². The first-order chi connectivity index (χ1) is 41.2. The molecule has 4 heterocycles. The number of benzene rings is 4. The molecule has 0 radical (unpaired) electrons. The van der Waals surface area contributed by atoms with Crippen molar-refractivity contribution in [2.24, 2.45) is 0 Å². The molecule has 2 aliphatic carbocycles. The van der Waals surface area contributed by atoms with Crippen molar-refractivity contribution in [3.05, 3.63) is 116 Å². The molecule has 22 atom stereocenters. The summed E-state index contributed by atoms with van der Waals surface area (Å²) in [5.74, 6) is -9.47. The molecule has 0 aromatic heterocycles. The first-order valence-corrected chi connectivity index (χ1v) is 26.8. The number of carbonyl (C=O) groups is 4. The summed E-state index contributed by atoms with van der Waals surface area (Å²) in [4.78, 5) is 57.2. The van der Waals surface area contributed by atoms with Gasteiger partial charge in [0, 0.05) is 16.7 Å². The first-order valence-electron chi connectivity index (χ1n) is 26.8. The summed E-state index contributed by atoms with van der Waals surface area (Å²) < 4.78 is 44.9. The van der Waals surface area contributed by atoms with Gasteiger partial charge in [0.25, 0.3) is 0 Å². The van der Waals surface area contributed by atoms with Crippen molar-refractivity contribution in [1.29, 1.82) is 0 Å². The van der Waals surface area contributed by atoms with Crippen molar-refractivity contribution >= 4 is 23.5 Å². The number of carbonyl (C=O) groups excluding carboxylic acids is 4. The Morgan fingerprint density at radius 1 is 0.448 bits per heavy atom. The lowest BCUT2D eigenvalue weighted by Crippen LogP contribution is -2.68. The van der Waals surface area contributed by atoms with E-state index in [-0.39, 0.29) is 0 Å². The molecule has 0 bridgehead atoms. The number of hydrogen-bond acceptors (Lipinski definition) is 31. The number of aliphatic hydroxyl groups is 15. The number of phenolic OH excluding ortho intramolecular Hbond substituents is 4. The van der Waals surface area contributed by atoms with Gasteiger partial charge in [-0.2, -0.15) is 0 Å². The summed E-state index contributed by atoms with van der Waals surface area (Å²) in [5, 5.41) is 217. The Bertz CT molecular complexity index is 3330. The topological polar surface area (TPSA) is 526 Å². The maximum atomic E-state index is 15.6. The summed E-state index contributed by atoms with van der Waals surface area (Å²) in [6.45, 7) is -4.33. The maximum Gasteiger partial charge on any atom is 0.337 e. The van der Waals surface area contributed by atoms with Crippen LogP contribution in [0.25, 0.3) is 0 Å². The summed E-state index contributed by atoms with van der Waals surface area (Å²) in [6.07, 6.45) is -42.3. The number of aliphatic hydroxyl groups excluding tert-OH is 14. The molecular weight excluding hydrogens is 1170 g/mol. The number of esters is 2. The second-order valence-corrected chi connectivity index (χ2v) is 21.7. The molecule has 4 aromatic rings. The number of ketones is 2. The Morgan fingerprint density at radius 2 is 0.874 bits per heavy atom. The Hall–Kier alpha value is -6.48. The van der Waals surface area contributed by atoms with Crippen LogP contribution in [0, 0.1) is 0 Å². The van der Waals surface area contributed by atoms with Crippen molar-refractivity contribution in [2.45, 2.75) is 133 Å². The third-order valence-electron chi connectivity index (χ3n) is 17.1. The molecule has 87 heavy (non-hydrogen) atoms. The van der Waals surface area contributed by atoms with Gasteiger partial charge in [0.15, 0.2) is 12.6 Å². The number of fused-ring (bicyclic) bond motifs is 4. The molecule has 31 nitrogen and oxygen atoms in total. The van der Waals surface area contributed by atoms with Crippen molar-refractivity contribution in [3.8, 4) is 23.0 Å². The standard InChI is InChI=1S/C56H62O31/c1-80-51(77)16-8-21-31(24(62)10-16)37(67)30-18(4-3-5-23(30)61)55(21,49-43(73)41(71)47(28(14-59)82-49)86-53-45(75)39(69)35(65)26(12-57)84-53)20-7-6-19-33(34(20)64)38(68)32-22(9-17(11-25(32)63)52(78)81-2)56(19,79)50-44(74)42(72)48(29(15-60)83-50)87-54-46(76)40(70)36(66)27(13-58)85-54/h3-11,26-29,35-36,39-50,53-54,57-66,69-76,79H,12-15H2,1-2H3/t26-,27-,28-,29-,35-,36-,39+,40+,41-,42-,43-,44-,45-,46-,47-,48-,49-,50-,53+,54+,55?,56?/m1/s1. The molecule has 4 fully saturated rings. The third kappa shape index (κ3) is 9.65. The Labute approximate surface area is 489 Å². The van der Waals surface area contributed by atoms with E-state index in [0.29, 0.717) is 6.07 Å². The number of hydrogen-bond donors (Lipinski definition) is 19. The molecule has 10 rings (SSSR count). The van der Waals surface area contributed by atoms with Crippen molar-refractivity contribution in [1.82, 2.24) is 0 Å². The smallest absolute Gasteiger partial charge is 0.337 e. The van der Waals surface area contributed by atoms with E-state index >= 15 is 4.79 Å². The predicted octanol–water partition coefficient (Wildman–Crippen LogP) is -6.93. The van der Waals surface area contributed by atoms with Crippen LogP contribution in [0.1, 0.15) is 80.4 Å². The molecular formula is C56H62O31. The highest BCUT2D eigenvalue weighted by molar-refractivity contribution is 6.19. The van der Waals surface area contributed by atoms with Crippen LogP contribution < -0.4 is 0 Å². The SMILES string of the molecule is COC(=O)c1cc(O)c2c(c1)C(O)([C@@H]1O[C@H](CO)[C@@H](O[C@@H]3O[C@H](CO)[C@@H](O)[C@H](O)[C@H]3O)[C@H](O)[C@H]1O)c1ccc(C3([C@@H]4O[C@H](CO)[C@@H](O[C@@H]5O[C@H](CO)[C@@H](O)[C@H](O)[C@H]5O)[C@H](O)[C@H]4O)c4cccc(O)c4C(=O)c4c(O)cc(C(=O)OC)cc43)c(O)c1C2=O. The molecule has 0 amide bonds. The van der Waals surface area contributed by atoms with Crippen LogP contribution in [0.3, 0.4) is 0 Å². The van der Waals surface area contributed by atoms with Gasteiger partial charge in [-0.1, -0.05) is 24.3 Å². The second kappa shape index (κ2) is 23.8. The second-order valence-electron chi connectivity index (χ2n) is 21.7. The van der Waals surface area contributed by atoms with Gasteiger partial charge in [-0.15, -0.1) is 0 Å². The Morgan fingerprint density at radius 3 is 1.36 bits per heavy atom. The van der Waals surface area contributed by atoms with E-state index in [1.165, 1.54) is 0 Å². The quantitative estimate of drug-likeness (QED) is 0.0553. The maximum absolute atomic E-state index is 15.6. The molecule has 6 aliphatic rings. The highest BCUT2D eigenvalue weighted by atomic mass is 16.7. The Kier molecular flexibility index (Phi) is 17.4. The number of rotatable bonds is 13. The van der Waals surface area contributed by atoms with Crippen LogP contribution in [0.2, 0.25) is 0 Å². The molecule has 472 valence electrons. The molecule has 0 spiro atoms. The first kappa shape index (κ1) is 63.5. The zero-order chi connectivity index (χ0) is 63.4. The van der Waals surface area contributed by atoms with E-state index in [1.807, 2.05) is 0 Å². The molecule has 2 unspecified atom stereocenters. The fourth-order valence-corrected chi connectivity index (χ4v) is 12.9. The van der Waals surface area contributed by atoms with Crippen molar-refractivity contribution in [3.63, 3.8) is 0 Å². The van der Waals surface area contributed by atoms with Gasteiger partial charge < -0.3 is 135 Å². The minimum absolute atomic E-state index is 0.534. The predicted molar refractivity (Wildman–Crippen MR) is 278 cm³/mol. The third-order valence-corrected chi connectivity index (χ3v) is 17.1. The fourth-order valence-electron chi connectivity index (χ4n) is 12.9. The van der Waals surface area contributed by atoms with E-state index in [0.717, 1.165) is 62.8 Å². The summed E-state index contributed by atoms with van der Waals surface area (Å²) in [7, 11) is 1.86. The average molecular weight is 1230 g/mol. The fraction of sp³-hybridized carbons (Fsp3) is 0.500. The van der Waals surface area contributed by atoms with Crippen LogP contribution in [-0.2, 0) is 48.9 Å².